The third-order valence-electron chi connectivity index (χ3n) is 6.84. The van der Waals surface area contributed by atoms with Crippen LogP contribution in [0.15, 0.2) is 24.3 Å². The van der Waals surface area contributed by atoms with Gasteiger partial charge >= 0.3 is 0 Å². The maximum atomic E-state index is 5.80. The molecule has 40 heavy (non-hydrogen) atoms. The lowest BCUT2D eigenvalue weighted by atomic mass is 10.0. The molecule has 0 aromatic heterocycles. The molecule has 2 rings (SSSR count). The molecule has 232 valence electrons. The monoisotopic (exact) mass is 567 g/mol. The van der Waals surface area contributed by atoms with Crippen molar-refractivity contribution in [3.8, 4) is 5.75 Å². The van der Waals surface area contributed by atoms with E-state index in [-0.39, 0.29) is 0 Å². The van der Waals surface area contributed by atoms with Gasteiger partial charge in [0.1, 0.15) is 12.4 Å². The van der Waals surface area contributed by atoms with Gasteiger partial charge in [-0.25, -0.2) is 0 Å². The second-order valence-corrected chi connectivity index (χ2v) is 10.2. The Labute approximate surface area is 243 Å². The van der Waals surface area contributed by atoms with Gasteiger partial charge in [-0.05, 0) is 56.5 Å². The summed E-state index contributed by atoms with van der Waals surface area (Å²) < 4.78 is 39.3. The first-order chi connectivity index (χ1) is 19.9. The molecule has 1 aliphatic heterocycles. The van der Waals surface area contributed by atoms with Gasteiger partial charge in [-0.2, -0.15) is 0 Å². The predicted octanol–water partition coefficient (Wildman–Crippen LogP) is 5.21. The summed E-state index contributed by atoms with van der Waals surface area (Å²) in [6.45, 7) is 11.2. The Bertz CT molecular complexity index is 655. The van der Waals surface area contributed by atoms with Crippen LogP contribution in [0.3, 0.4) is 0 Å². The van der Waals surface area contributed by atoms with Crippen molar-refractivity contribution in [3.05, 3.63) is 29.8 Å². The van der Waals surface area contributed by atoms with Gasteiger partial charge in [0.15, 0.2) is 0 Å². The summed E-state index contributed by atoms with van der Waals surface area (Å²) in [6, 6.07) is 8.48. The third-order valence-corrected chi connectivity index (χ3v) is 6.84. The Hall–Kier alpha value is -1.26. The van der Waals surface area contributed by atoms with E-state index in [9.17, 15) is 0 Å². The number of ether oxygens (including phenoxy) is 7. The summed E-state index contributed by atoms with van der Waals surface area (Å²) >= 11 is 0. The number of unbranched alkanes of at least 4 members (excludes halogenated alkanes) is 6. The number of piperidine rings is 1. The van der Waals surface area contributed by atoms with Gasteiger partial charge in [-0.1, -0.05) is 57.6 Å². The Morgan fingerprint density at radius 2 is 1.05 bits per heavy atom. The lowest BCUT2D eigenvalue weighted by molar-refractivity contribution is -0.0299. The molecule has 1 fully saturated rings. The smallest absolute Gasteiger partial charge is 0.119 e. The molecule has 0 saturated carbocycles. The number of benzene rings is 1. The van der Waals surface area contributed by atoms with Crippen molar-refractivity contribution in [3.63, 3.8) is 0 Å². The van der Waals surface area contributed by atoms with Crippen molar-refractivity contribution in [2.75, 3.05) is 92.4 Å². The molecule has 8 nitrogen and oxygen atoms in total. The number of hydrogen-bond donors (Lipinski definition) is 1. The van der Waals surface area contributed by atoms with Crippen LogP contribution in [-0.2, 0) is 34.8 Å². The zero-order chi connectivity index (χ0) is 28.2. The summed E-state index contributed by atoms with van der Waals surface area (Å²) in [4.78, 5) is 0. The van der Waals surface area contributed by atoms with E-state index in [1.165, 1.54) is 50.5 Å². The fourth-order valence-electron chi connectivity index (χ4n) is 4.47. The highest BCUT2D eigenvalue weighted by atomic mass is 16.6. The molecule has 0 unspecified atom stereocenters. The fraction of sp³-hybridized carbons (Fsp3) is 0.812. The van der Waals surface area contributed by atoms with E-state index >= 15 is 0 Å². The molecule has 0 aliphatic carbocycles. The molecule has 0 bridgehead atoms. The predicted molar refractivity (Wildman–Crippen MR) is 160 cm³/mol. The molecule has 0 amide bonds. The SMILES string of the molecule is CCCCCCCCCc1ccc(OCCOCCOCCOCCOCCOCCOC2CCNCC2)cc1. The van der Waals surface area contributed by atoms with E-state index in [1.54, 1.807) is 0 Å². The molecular weight excluding hydrogens is 510 g/mol. The quantitative estimate of drug-likeness (QED) is 0.138. The van der Waals surface area contributed by atoms with Gasteiger partial charge in [0, 0.05) is 0 Å². The largest absolute Gasteiger partial charge is 0.491 e. The van der Waals surface area contributed by atoms with Gasteiger partial charge in [0.05, 0.1) is 78.8 Å². The minimum Gasteiger partial charge on any atom is -0.491 e. The zero-order valence-electron chi connectivity index (χ0n) is 25.2. The van der Waals surface area contributed by atoms with Crippen LogP contribution < -0.4 is 10.1 Å². The number of nitrogens with one attached hydrogen (secondary N) is 1. The standard InChI is InChI=1S/C32H57NO7/c1-2-3-4-5-6-7-8-9-30-10-12-31(13-11-30)39-28-26-37-24-22-35-20-18-34-19-21-36-23-25-38-27-29-40-32-14-16-33-17-15-32/h10-13,32-33H,2-9,14-29H2,1H3. The minimum absolute atomic E-state index is 0.382. The lowest BCUT2D eigenvalue weighted by Gasteiger charge is -2.22. The first kappa shape index (κ1) is 34.9. The number of hydrogen-bond acceptors (Lipinski definition) is 8. The second-order valence-electron chi connectivity index (χ2n) is 10.2. The molecule has 1 N–H and O–H groups in total. The topological polar surface area (TPSA) is 76.6 Å². The molecule has 0 radical (unpaired) electrons. The van der Waals surface area contributed by atoms with Crippen molar-refractivity contribution >= 4 is 0 Å². The summed E-state index contributed by atoms with van der Waals surface area (Å²) in [5.74, 6) is 0.898. The fourth-order valence-corrected chi connectivity index (χ4v) is 4.47. The minimum atomic E-state index is 0.382. The first-order valence-corrected chi connectivity index (χ1v) is 15.8. The summed E-state index contributed by atoms with van der Waals surface area (Å²) in [7, 11) is 0. The molecule has 1 heterocycles. The maximum absolute atomic E-state index is 5.80. The normalized spacial score (nSPS) is 14.1. The van der Waals surface area contributed by atoms with Gasteiger partial charge < -0.3 is 38.5 Å². The maximum Gasteiger partial charge on any atom is 0.119 e. The van der Waals surface area contributed by atoms with Crippen LogP contribution in [0.5, 0.6) is 5.75 Å². The second kappa shape index (κ2) is 26.6. The van der Waals surface area contributed by atoms with Crippen LogP contribution in [0.25, 0.3) is 0 Å². The molecule has 8 heteroatoms. The van der Waals surface area contributed by atoms with E-state index < -0.39 is 0 Å². The Morgan fingerprint density at radius 3 is 1.60 bits per heavy atom. The van der Waals surface area contributed by atoms with Crippen LogP contribution in [-0.4, -0.2) is 98.5 Å². The molecule has 0 spiro atoms. The highest BCUT2D eigenvalue weighted by Gasteiger charge is 2.12. The highest BCUT2D eigenvalue weighted by Crippen LogP contribution is 2.15. The van der Waals surface area contributed by atoms with E-state index in [0.29, 0.717) is 85.4 Å². The molecule has 0 atom stereocenters. The Balaban J connectivity index is 1.24. The highest BCUT2D eigenvalue weighted by molar-refractivity contribution is 5.27. The van der Waals surface area contributed by atoms with Gasteiger partial charge in [-0.3, -0.25) is 0 Å². The van der Waals surface area contributed by atoms with Crippen LogP contribution in [0.2, 0.25) is 0 Å². The third kappa shape index (κ3) is 20.6. The molecular formula is C32H57NO7. The van der Waals surface area contributed by atoms with Crippen LogP contribution in [0, 0.1) is 0 Å². The van der Waals surface area contributed by atoms with E-state index in [2.05, 4.69) is 36.5 Å². The number of aryl methyl sites for hydroxylation is 1. The Morgan fingerprint density at radius 1 is 0.575 bits per heavy atom. The van der Waals surface area contributed by atoms with Gasteiger partial charge in [0.2, 0.25) is 0 Å². The van der Waals surface area contributed by atoms with Gasteiger partial charge in [-0.15, -0.1) is 0 Å². The molecule has 1 aliphatic rings. The summed E-state index contributed by atoms with van der Waals surface area (Å²) in [5.41, 5.74) is 1.39. The van der Waals surface area contributed by atoms with Crippen molar-refractivity contribution in [1.82, 2.24) is 5.32 Å². The Kier molecular flexibility index (Phi) is 23.3. The zero-order valence-corrected chi connectivity index (χ0v) is 25.2. The summed E-state index contributed by atoms with van der Waals surface area (Å²) in [6.07, 6.45) is 13.1. The average molecular weight is 568 g/mol. The number of rotatable bonds is 28. The summed E-state index contributed by atoms with van der Waals surface area (Å²) in [5, 5.41) is 3.33. The molecule has 1 aromatic rings. The van der Waals surface area contributed by atoms with Crippen molar-refractivity contribution in [1.29, 1.82) is 0 Å². The molecule has 1 saturated heterocycles. The molecule has 1 aromatic carbocycles. The first-order valence-electron chi connectivity index (χ1n) is 15.8. The van der Waals surface area contributed by atoms with Crippen molar-refractivity contribution < 1.29 is 33.2 Å². The van der Waals surface area contributed by atoms with Crippen molar-refractivity contribution in [2.24, 2.45) is 0 Å². The van der Waals surface area contributed by atoms with E-state index in [1.807, 2.05) is 0 Å². The average Bonchev–Trinajstić information content (AvgIpc) is 2.99. The van der Waals surface area contributed by atoms with Crippen LogP contribution in [0.1, 0.15) is 70.3 Å². The lowest BCUT2D eigenvalue weighted by Crippen LogP contribution is -2.33. The van der Waals surface area contributed by atoms with Gasteiger partial charge in [0.25, 0.3) is 0 Å². The van der Waals surface area contributed by atoms with E-state index in [0.717, 1.165) is 38.1 Å². The van der Waals surface area contributed by atoms with Crippen molar-refractivity contribution in [2.45, 2.75) is 77.2 Å². The van der Waals surface area contributed by atoms with Crippen LogP contribution >= 0.6 is 0 Å². The van der Waals surface area contributed by atoms with Crippen LogP contribution in [0.4, 0.5) is 0 Å². The van der Waals surface area contributed by atoms with E-state index in [4.69, 9.17) is 33.2 Å².